The van der Waals surface area contributed by atoms with E-state index in [1.54, 1.807) is 59.5 Å². The van der Waals surface area contributed by atoms with E-state index in [9.17, 15) is 18.0 Å². The molecule has 2 amide bonds. The summed E-state index contributed by atoms with van der Waals surface area (Å²) in [5.41, 5.74) is 0.707. The third-order valence-electron chi connectivity index (χ3n) is 4.63. The van der Waals surface area contributed by atoms with Crippen molar-refractivity contribution in [2.75, 3.05) is 23.7 Å². The van der Waals surface area contributed by atoms with E-state index < -0.39 is 15.8 Å². The first-order valence-electron chi connectivity index (χ1n) is 8.98. The first-order valence-corrected chi connectivity index (χ1v) is 11.0. The molecule has 1 N–H and O–H groups in total. The zero-order valence-corrected chi connectivity index (χ0v) is 16.7. The van der Waals surface area contributed by atoms with Gasteiger partial charge in [-0.15, -0.1) is 0 Å². The van der Waals surface area contributed by atoms with Crippen LogP contribution in [0.5, 0.6) is 0 Å². The Balaban J connectivity index is 1.48. The maximum absolute atomic E-state index is 12.4. The second-order valence-corrected chi connectivity index (χ2v) is 9.20. The standard InChI is InChI=1S/C20H21ClN2O4S/c21-16-7-9-17(10-8-16)23-14-15(13-19(23)24)20(25)22-11-4-12-28(26,27)18-5-2-1-3-6-18/h1-3,5-10,15H,4,11-14H2,(H,22,25). The number of sulfone groups is 1. The number of amides is 2. The number of anilines is 1. The predicted octanol–water partition coefficient (Wildman–Crippen LogP) is 2.67. The molecular formula is C20H21ClN2O4S. The molecule has 3 rings (SSSR count). The Bertz CT molecular complexity index is 946. The second kappa shape index (κ2) is 8.75. The molecule has 0 bridgehead atoms. The summed E-state index contributed by atoms with van der Waals surface area (Å²) in [6, 6.07) is 15.1. The van der Waals surface area contributed by atoms with E-state index in [2.05, 4.69) is 5.32 Å². The first kappa shape index (κ1) is 20.4. The Hall–Kier alpha value is -2.38. The number of carbonyl (C=O) groups excluding carboxylic acids is 2. The van der Waals surface area contributed by atoms with Crippen LogP contribution in [0, 0.1) is 5.92 Å². The molecule has 28 heavy (non-hydrogen) atoms. The Morgan fingerprint density at radius 1 is 1.11 bits per heavy atom. The van der Waals surface area contributed by atoms with Gasteiger partial charge < -0.3 is 10.2 Å². The lowest BCUT2D eigenvalue weighted by Gasteiger charge is -2.16. The number of hydrogen-bond acceptors (Lipinski definition) is 4. The van der Waals surface area contributed by atoms with Crippen LogP contribution in [0.15, 0.2) is 59.5 Å². The highest BCUT2D eigenvalue weighted by Gasteiger charge is 2.34. The summed E-state index contributed by atoms with van der Waals surface area (Å²) in [6.45, 7) is 0.547. The average Bonchev–Trinajstić information content (AvgIpc) is 3.08. The highest BCUT2D eigenvalue weighted by atomic mass is 35.5. The molecule has 6 nitrogen and oxygen atoms in total. The van der Waals surface area contributed by atoms with E-state index in [0.29, 0.717) is 23.7 Å². The Kier molecular flexibility index (Phi) is 6.36. The van der Waals surface area contributed by atoms with Crippen LogP contribution in [0.1, 0.15) is 12.8 Å². The van der Waals surface area contributed by atoms with Crippen molar-refractivity contribution in [3.8, 4) is 0 Å². The molecular weight excluding hydrogens is 400 g/mol. The number of halogens is 1. The number of benzene rings is 2. The van der Waals surface area contributed by atoms with E-state index in [0.717, 1.165) is 0 Å². The summed E-state index contributed by atoms with van der Waals surface area (Å²) < 4.78 is 24.5. The molecule has 8 heteroatoms. The SMILES string of the molecule is O=C(NCCCS(=O)(=O)c1ccccc1)C1CC(=O)N(c2ccc(Cl)cc2)C1. The van der Waals surface area contributed by atoms with Crippen molar-refractivity contribution in [2.24, 2.45) is 5.92 Å². The van der Waals surface area contributed by atoms with E-state index in [4.69, 9.17) is 11.6 Å². The minimum atomic E-state index is -3.36. The van der Waals surface area contributed by atoms with Gasteiger partial charge in [0.1, 0.15) is 0 Å². The fourth-order valence-corrected chi connectivity index (χ4v) is 4.58. The van der Waals surface area contributed by atoms with Gasteiger partial charge in [-0.05, 0) is 42.8 Å². The zero-order chi connectivity index (χ0) is 20.1. The van der Waals surface area contributed by atoms with Crippen LogP contribution in [0.25, 0.3) is 0 Å². The molecule has 0 spiro atoms. The number of nitrogens with one attached hydrogen (secondary N) is 1. The molecule has 0 radical (unpaired) electrons. The third-order valence-corrected chi connectivity index (χ3v) is 6.69. The van der Waals surface area contributed by atoms with E-state index in [1.807, 2.05) is 0 Å². The maximum Gasteiger partial charge on any atom is 0.227 e. The van der Waals surface area contributed by atoms with Crippen molar-refractivity contribution >= 4 is 38.9 Å². The summed E-state index contributed by atoms with van der Waals surface area (Å²) in [4.78, 5) is 26.4. The van der Waals surface area contributed by atoms with Crippen LogP contribution in [0.2, 0.25) is 5.02 Å². The van der Waals surface area contributed by atoms with Crippen LogP contribution < -0.4 is 10.2 Å². The van der Waals surface area contributed by atoms with E-state index in [1.165, 1.54) is 0 Å². The normalized spacial score (nSPS) is 17.0. The number of nitrogens with zero attached hydrogens (tertiary/aromatic N) is 1. The van der Waals surface area contributed by atoms with Crippen LogP contribution in [0.4, 0.5) is 5.69 Å². The largest absolute Gasteiger partial charge is 0.356 e. The molecule has 0 aliphatic carbocycles. The van der Waals surface area contributed by atoms with Crippen LogP contribution in [-0.2, 0) is 19.4 Å². The molecule has 1 atom stereocenters. The highest BCUT2D eigenvalue weighted by Crippen LogP contribution is 2.26. The van der Waals surface area contributed by atoms with Gasteiger partial charge in [0.2, 0.25) is 11.8 Å². The van der Waals surface area contributed by atoms with Crippen LogP contribution in [0.3, 0.4) is 0 Å². The van der Waals surface area contributed by atoms with Gasteiger partial charge in [0.05, 0.1) is 16.6 Å². The average molecular weight is 421 g/mol. The van der Waals surface area contributed by atoms with Gasteiger partial charge in [0.15, 0.2) is 9.84 Å². The molecule has 1 saturated heterocycles. The molecule has 2 aromatic carbocycles. The summed E-state index contributed by atoms with van der Waals surface area (Å²) in [6.07, 6.45) is 0.446. The molecule has 1 fully saturated rings. The Labute approximate surface area is 169 Å². The molecule has 148 valence electrons. The maximum atomic E-state index is 12.4. The van der Waals surface area contributed by atoms with Crippen molar-refractivity contribution < 1.29 is 18.0 Å². The predicted molar refractivity (Wildman–Crippen MR) is 108 cm³/mol. The van der Waals surface area contributed by atoms with Gasteiger partial charge in [0, 0.05) is 30.2 Å². The minimum Gasteiger partial charge on any atom is -0.356 e. The Morgan fingerprint density at radius 2 is 1.79 bits per heavy atom. The first-order chi connectivity index (χ1) is 13.4. The van der Waals surface area contributed by atoms with Gasteiger partial charge in [-0.1, -0.05) is 29.8 Å². The third kappa shape index (κ3) is 4.91. The lowest BCUT2D eigenvalue weighted by molar-refractivity contribution is -0.126. The monoisotopic (exact) mass is 420 g/mol. The van der Waals surface area contributed by atoms with Crippen molar-refractivity contribution in [3.63, 3.8) is 0 Å². The second-order valence-electron chi connectivity index (χ2n) is 6.66. The smallest absolute Gasteiger partial charge is 0.227 e. The van der Waals surface area contributed by atoms with Crippen LogP contribution >= 0.6 is 11.6 Å². The summed E-state index contributed by atoms with van der Waals surface area (Å²) >= 11 is 5.87. The summed E-state index contributed by atoms with van der Waals surface area (Å²) in [7, 11) is -3.36. The van der Waals surface area contributed by atoms with Crippen molar-refractivity contribution in [1.82, 2.24) is 5.32 Å². The van der Waals surface area contributed by atoms with Crippen molar-refractivity contribution in [2.45, 2.75) is 17.7 Å². The van der Waals surface area contributed by atoms with Crippen molar-refractivity contribution in [3.05, 3.63) is 59.6 Å². The Morgan fingerprint density at radius 3 is 2.46 bits per heavy atom. The molecule has 1 unspecified atom stereocenters. The molecule has 0 aromatic heterocycles. The quantitative estimate of drug-likeness (QED) is 0.698. The van der Waals surface area contributed by atoms with E-state index >= 15 is 0 Å². The highest BCUT2D eigenvalue weighted by molar-refractivity contribution is 7.91. The summed E-state index contributed by atoms with van der Waals surface area (Å²) in [5.74, 6) is -0.845. The summed E-state index contributed by atoms with van der Waals surface area (Å²) in [5, 5.41) is 3.33. The van der Waals surface area contributed by atoms with Gasteiger partial charge in [-0.25, -0.2) is 8.42 Å². The minimum absolute atomic E-state index is 0.0439. The lowest BCUT2D eigenvalue weighted by atomic mass is 10.1. The molecule has 1 aliphatic heterocycles. The van der Waals surface area contributed by atoms with Crippen molar-refractivity contribution in [1.29, 1.82) is 0 Å². The number of hydrogen-bond donors (Lipinski definition) is 1. The molecule has 1 heterocycles. The number of carbonyl (C=O) groups is 2. The fourth-order valence-electron chi connectivity index (χ4n) is 3.12. The zero-order valence-electron chi connectivity index (χ0n) is 15.2. The van der Waals surface area contributed by atoms with E-state index in [-0.39, 0.29) is 35.4 Å². The molecule has 2 aromatic rings. The topological polar surface area (TPSA) is 83.5 Å². The lowest BCUT2D eigenvalue weighted by Crippen LogP contribution is -2.34. The molecule has 1 aliphatic rings. The van der Waals surface area contributed by atoms with Gasteiger partial charge in [-0.3, -0.25) is 9.59 Å². The van der Waals surface area contributed by atoms with Gasteiger partial charge in [0.25, 0.3) is 0 Å². The number of rotatable bonds is 7. The van der Waals surface area contributed by atoms with Crippen LogP contribution in [-0.4, -0.2) is 39.1 Å². The fraction of sp³-hybridized carbons (Fsp3) is 0.300. The van der Waals surface area contributed by atoms with Gasteiger partial charge in [-0.2, -0.15) is 0 Å². The van der Waals surface area contributed by atoms with Gasteiger partial charge >= 0.3 is 0 Å². The molecule has 0 saturated carbocycles.